The molecule has 126 valence electrons. The predicted molar refractivity (Wildman–Crippen MR) is 109 cm³/mol. The van der Waals surface area contributed by atoms with Crippen molar-refractivity contribution in [3.05, 3.63) is 0 Å². The highest BCUT2D eigenvalue weighted by Gasteiger charge is 2.61. The lowest BCUT2D eigenvalue weighted by Crippen LogP contribution is -2.83. The quantitative estimate of drug-likeness (QED) is 0.642. The Morgan fingerprint density at radius 3 is 1.38 bits per heavy atom. The molecule has 1 saturated carbocycles. The van der Waals surface area contributed by atoms with E-state index in [0.717, 1.165) is 0 Å². The largest absolute Gasteiger partial charge is 0.393 e. The lowest BCUT2D eigenvalue weighted by Gasteiger charge is -2.58. The van der Waals surface area contributed by atoms with Crippen molar-refractivity contribution in [2.75, 3.05) is 0 Å². The van der Waals surface area contributed by atoms with E-state index in [0.29, 0.717) is 5.92 Å². The van der Waals surface area contributed by atoms with E-state index in [2.05, 4.69) is 58.9 Å². The zero-order valence-electron chi connectivity index (χ0n) is 16.1. The number of aliphatic hydroxyl groups is 1. The summed E-state index contributed by atoms with van der Waals surface area (Å²) in [5.74, 6) is 0.626. The summed E-state index contributed by atoms with van der Waals surface area (Å²) in [4.78, 5) is 0. The summed E-state index contributed by atoms with van der Waals surface area (Å²) in [6.07, 6.45) is 5.29. The minimum absolute atomic E-state index is 0.0179. The highest BCUT2D eigenvalue weighted by Crippen LogP contribution is 2.43. The van der Waals surface area contributed by atoms with Crippen molar-refractivity contribution in [2.24, 2.45) is 5.92 Å². The second kappa shape index (κ2) is 6.38. The first-order chi connectivity index (χ1) is 9.24. The molecule has 0 aliphatic heterocycles. The summed E-state index contributed by atoms with van der Waals surface area (Å²) in [7, 11) is -3.66. The Bertz CT molecular complexity index is 307. The molecule has 1 aliphatic rings. The van der Waals surface area contributed by atoms with Crippen molar-refractivity contribution in [1.82, 2.24) is 0 Å². The van der Waals surface area contributed by atoms with E-state index in [-0.39, 0.29) is 6.10 Å². The van der Waals surface area contributed by atoms with E-state index in [9.17, 15) is 5.11 Å². The van der Waals surface area contributed by atoms with Gasteiger partial charge in [0, 0.05) is 29.4 Å². The molecule has 0 aromatic carbocycles. The van der Waals surface area contributed by atoms with Crippen molar-refractivity contribution >= 4 is 29.4 Å². The third kappa shape index (κ3) is 3.84. The maximum Gasteiger partial charge on any atom is 0.0539 e. The van der Waals surface area contributed by atoms with E-state index in [1.54, 1.807) is 0 Å². The van der Waals surface area contributed by atoms with Gasteiger partial charge in [-0.1, -0.05) is 71.8 Å². The third-order valence-corrected chi connectivity index (χ3v) is 80.4. The molecule has 0 bridgehead atoms. The van der Waals surface area contributed by atoms with E-state index >= 15 is 0 Å². The van der Waals surface area contributed by atoms with Crippen LogP contribution in [0.25, 0.3) is 0 Å². The summed E-state index contributed by atoms with van der Waals surface area (Å²) in [6.45, 7) is 22.4. The van der Waals surface area contributed by atoms with Gasteiger partial charge in [-0.15, -0.1) is 0 Å². The third-order valence-electron chi connectivity index (χ3n) is 6.30. The summed E-state index contributed by atoms with van der Waals surface area (Å²) in [5.41, 5.74) is 0. The number of hydrogen-bond acceptors (Lipinski definition) is 1. The van der Waals surface area contributed by atoms with Gasteiger partial charge in [0.1, 0.15) is 0 Å². The van der Waals surface area contributed by atoms with Crippen molar-refractivity contribution in [1.29, 1.82) is 0 Å². The van der Waals surface area contributed by atoms with Crippen LogP contribution in [0, 0.1) is 5.92 Å². The predicted octanol–water partition coefficient (Wildman–Crippen LogP) is 5.24. The fourth-order valence-electron chi connectivity index (χ4n) is 6.12. The first-order valence-electron chi connectivity index (χ1n) is 8.92. The van der Waals surface area contributed by atoms with E-state index in [1.807, 2.05) is 0 Å². The van der Waals surface area contributed by atoms with Gasteiger partial charge in [-0.25, -0.2) is 0 Å². The Hall–Kier alpha value is 0.828. The molecule has 1 nitrogen and oxygen atoms in total. The molecule has 0 aromatic rings. The van der Waals surface area contributed by atoms with Gasteiger partial charge in [0.25, 0.3) is 0 Å². The molecular formula is C16H40OSi4. The molecule has 0 saturated heterocycles. The Kier molecular flexibility index (Phi) is 6.04. The summed E-state index contributed by atoms with van der Waals surface area (Å²) >= 11 is 0. The van der Waals surface area contributed by atoms with Crippen LogP contribution in [0.3, 0.4) is 0 Å². The van der Waals surface area contributed by atoms with E-state index < -0.39 is 29.4 Å². The molecule has 0 heterocycles. The van der Waals surface area contributed by atoms with Gasteiger partial charge in [-0.2, -0.15) is 0 Å². The van der Waals surface area contributed by atoms with E-state index in [4.69, 9.17) is 0 Å². The maximum atomic E-state index is 11.1. The highest BCUT2D eigenvalue weighted by molar-refractivity contribution is 7.89. The first-order valence-corrected chi connectivity index (χ1v) is 24.6. The van der Waals surface area contributed by atoms with Crippen molar-refractivity contribution in [2.45, 2.75) is 96.8 Å². The molecule has 0 aromatic heterocycles. The van der Waals surface area contributed by atoms with Crippen LogP contribution in [0.4, 0.5) is 0 Å². The zero-order chi connectivity index (χ0) is 16.7. The molecule has 1 atom stereocenters. The van der Waals surface area contributed by atoms with Crippen LogP contribution in [0.1, 0.15) is 25.7 Å². The van der Waals surface area contributed by atoms with Gasteiger partial charge < -0.3 is 5.11 Å². The fourth-order valence-corrected chi connectivity index (χ4v) is 104. The van der Waals surface area contributed by atoms with Crippen LogP contribution in [0.5, 0.6) is 0 Å². The van der Waals surface area contributed by atoms with Crippen molar-refractivity contribution in [3.63, 3.8) is 0 Å². The lowest BCUT2D eigenvalue weighted by atomic mass is 10.0. The fraction of sp³-hybridized carbons (Fsp3) is 1.00. The van der Waals surface area contributed by atoms with Gasteiger partial charge in [-0.3, -0.25) is 0 Å². The number of aliphatic hydroxyl groups excluding tert-OH is 1. The standard InChI is InChI=1S/C16H40OSi4/c1-18(2,3)21(19(4,5)6,20(7,8)9)14-16(17)15-12-10-11-13-15/h15-17H,10-14H2,1-9H3/t16-/m1/s1. The van der Waals surface area contributed by atoms with Gasteiger partial charge in [-0.05, 0) is 24.8 Å². The van der Waals surface area contributed by atoms with Gasteiger partial charge in [0.05, 0.1) is 6.10 Å². The topological polar surface area (TPSA) is 20.2 Å². The molecule has 1 rings (SSSR count). The summed E-state index contributed by atoms with van der Waals surface area (Å²) < 4.78 is 0. The molecular weight excluding hydrogens is 321 g/mol. The average Bonchev–Trinajstić information content (AvgIpc) is 2.72. The van der Waals surface area contributed by atoms with Crippen LogP contribution in [-0.4, -0.2) is 40.6 Å². The Labute approximate surface area is 137 Å². The van der Waals surface area contributed by atoms with Crippen molar-refractivity contribution in [3.8, 4) is 0 Å². The van der Waals surface area contributed by atoms with Crippen molar-refractivity contribution < 1.29 is 5.11 Å². The normalized spacial score (nSPS) is 20.9. The molecule has 0 radical (unpaired) electrons. The molecule has 0 amide bonds. The van der Waals surface area contributed by atoms with Gasteiger partial charge in [0.15, 0.2) is 0 Å². The minimum atomic E-state index is -1.36. The maximum absolute atomic E-state index is 11.1. The highest BCUT2D eigenvalue weighted by atomic mass is 29.9. The molecule has 1 N–H and O–H groups in total. The van der Waals surface area contributed by atoms with Crippen LogP contribution in [-0.2, 0) is 0 Å². The molecule has 1 aliphatic carbocycles. The Morgan fingerprint density at radius 2 is 1.10 bits per heavy atom. The van der Waals surface area contributed by atoms with E-state index in [1.165, 1.54) is 31.7 Å². The molecule has 0 unspecified atom stereocenters. The Morgan fingerprint density at radius 1 is 0.762 bits per heavy atom. The zero-order valence-corrected chi connectivity index (χ0v) is 20.1. The number of rotatable bonds is 6. The monoisotopic (exact) mass is 360 g/mol. The SMILES string of the molecule is C[Si](C)(C)[Si](C[C@@H](O)C1CCCC1)([Si](C)(C)C)[Si](C)(C)C. The molecule has 5 heteroatoms. The van der Waals surface area contributed by atoms with Gasteiger partial charge in [0.2, 0.25) is 0 Å². The summed E-state index contributed by atoms with van der Waals surface area (Å²) in [5, 5.41) is 11.1. The lowest BCUT2D eigenvalue weighted by molar-refractivity contribution is 0.128. The smallest absolute Gasteiger partial charge is 0.0539 e. The van der Waals surface area contributed by atoms with Crippen LogP contribution in [0.15, 0.2) is 0 Å². The van der Waals surface area contributed by atoms with Crippen LogP contribution >= 0.6 is 0 Å². The number of hydrogen-bond donors (Lipinski definition) is 1. The minimum Gasteiger partial charge on any atom is -0.393 e. The first kappa shape index (κ1) is 19.9. The van der Waals surface area contributed by atoms with Gasteiger partial charge >= 0.3 is 0 Å². The second-order valence-electron chi connectivity index (χ2n) is 10.5. The molecule has 1 fully saturated rings. The molecule has 21 heavy (non-hydrogen) atoms. The second-order valence-corrected chi connectivity index (χ2v) is 51.9. The Balaban J connectivity index is 3.23. The van der Waals surface area contributed by atoms with Crippen LogP contribution < -0.4 is 0 Å². The average molecular weight is 361 g/mol. The molecule has 0 spiro atoms. The summed E-state index contributed by atoms with van der Waals surface area (Å²) in [6, 6.07) is 1.25. The van der Waals surface area contributed by atoms with Crippen LogP contribution in [0.2, 0.25) is 65.0 Å².